The third-order valence-corrected chi connectivity index (χ3v) is 4.70. The summed E-state index contributed by atoms with van der Waals surface area (Å²) in [6.07, 6.45) is 0. The van der Waals surface area contributed by atoms with Crippen molar-refractivity contribution >= 4 is 17.6 Å². The van der Waals surface area contributed by atoms with Crippen LogP contribution >= 0.6 is 0 Å². The third-order valence-electron chi connectivity index (χ3n) is 4.70. The number of amides is 1. The van der Waals surface area contributed by atoms with Crippen molar-refractivity contribution < 1.29 is 19.1 Å². The Kier molecular flexibility index (Phi) is 6.04. The molecular formula is C23H21FN2O3. The first-order valence-corrected chi connectivity index (χ1v) is 9.12. The standard InChI is InChI=1S/C23H21FN2O3/c1-14(23(28)29)20-7-2-3-8-21(20)26-22(27)17-6-4-5-16(11-17)18-9-15(13-25)10-19(24)12-18/h2-12,14H,13,25H2,1H3,(H,26,27)(H,28,29). The van der Waals surface area contributed by atoms with Gasteiger partial charge >= 0.3 is 5.97 Å². The number of benzene rings is 3. The lowest BCUT2D eigenvalue weighted by Crippen LogP contribution is -2.16. The fourth-order valence-corrected chi connectivity index (χ4v) is 3.09. The van der Waals surface area contributed by atoms with Crippen molar-refractivity contribution in [3.63, 3.8) is 0 Å². The van der Waals surface area contributed by atoms with Crippen LogP contribution in [0.4, 0.5) is 10.1 Å². The molecular weight excluding hydrogens is 371 g/mol. The number of carbonyl (C=O) groups is 2. The minimum absolute atomic E-state index is 0.212. The van der Waals surface area contributed by atoms with E-state index in [0.29, 0.717) is 33.5 Å². The molecule has 0 heterocycles. The van der Waals surface area contributed by atoms with Gasteiger partial charge in [0.25, 0.3) is 5.91 Å². The molecule has 0 bridgehead atoms. The Bertz CT molecular complexity index is 1070. The maximum atomic E-state index is 13.8. The second-order valence-electron chi connectivity index (χ2n) is 6.73. The van der Waals surface area contributed by atoms with Gasteiger partial charge in [-0.1, -0.05) is 30.3 Å². The van der Waals surface area contributed by atoms with Crippen molar-refractivity contribution in [1.82, 2.24) is 0 Å². The molecule has 0 saturated heterocycles. The molecule has 0 fully saturated rings. The normalized spacial score (nSPS) is 11.7. The molecule has 1 atom stereocenters. The van der Waals surface area contributed by atoms with Gasteiger partial charge in [-0.15, -0.1) is 0 Å². The summed E-state index contributed by atoms with van der Waals surface area (Å²) in [5.74, 6) is -2.52. The maximum absolute atomic E-state index is 13.8. The van der Waals surface area contributed by atoms with Gasteiger partial charge < -0.3 is 16.2 Å². The Labute approximate surface area is 168 Å². The van der Waals surface area contributed by atoms with Crippen LogP contribution in [-0.2, 0) is 11.3 Å². The molecule has 1 unspecified atom stereocenters. The van der Waals surface area contributed by atoms with Crippen LogP contribution in [0.3, 0.4) is 0 Å². The summed E-state index contributed by atoms with van der Waals surface area (Å²) in [5.41, 5.74) is 8.91. The van der Waals surface area contributed by atoms with Crippen LogP contribution in [0.1, 0.15) is 34.3 Å². The number of nitrogens with one attached hydrogen (secondary N) is 1. The highest BCUT2D eigenvalue weighted by molar-refractivity contribution is 6.05. The largest absolute Gasteiger partial charge is 0.481 e. The topological polar surface area (TPSA) is 92.4 Å². The molecule has 148 valence electrons. The van der Waals surface area contributed by atoms with E-state index in [1.54, 1.807) is 61.5 Å². The number of halogens is 1. The van der Waals surface area contributed by atoms with E-state index in [2.05, 4.69) is 5.32 Å². The van der Waals surface area contributed by atoms with Crippen molar-refractivity contribution in [3.05, 3.63) is 89.2 Å². The average molecular weight is 392 g/mol. The van der Waals surface area contributed by atoms with Gasteiger partial charge in [-0.2, -0.15) is 0 Å². The first kappa shape index (κ1) is 20.2. The second-order valence-corrected chi connectivity index (χ2v) is 6.73. The van der Waals surface area contributed by atoms with Gasteiger partial charge in [-0.3, -0.25) is 9.59 Å². The third kappa shape index (κ3) is 4.67. The zero-order valence-corrected chi connectivity index (χ0v) is 15.9. The molecule has 0 spiro atoms. The minimum atomic E-state index is -0.976. The van der Waals surface area contributed by atoms with Gasteiger partial charge in [0.15, 0.2) is 0 Å². The molecule has 0 saturated carbocycles. The van der Waals surface area contributed by atoms with Crippen molar-refractivity contribution in [2.45, 2.75) is 19.4 Å². The number of aliphatic carboxylic acids is 1. The molecule has 3 aromatic rings. The van der Waals surface area contributed by atoms with E-state index in [1.807, 2.05) is 0 Å². The molecule has 0 aromatic heterocycles. The van der Waals surface area contributed by atoms with Gasteiger partial charge in [0.2, 0.25) is 0 Å². The van der Waals surface area contributed by atoms with Crippen LogP contribution in [0, 0.1) is 5.82 Å². The number of para-hydroxylation sites is 1. The zero-order chi connectivity index (χ0) is 21.0. The lowest BCUT2D eigenvalue weighted by Gasteiger charge is -2.14. The fourth-order valence-electron chi connectivity index (χ4n) is 3.09. The van der Waals surface area contributed by atoms with Crippen molar-refractivity contribution in [3.8, 4) is 11.1 Å². The number of rotatable bonds is 6. The minimum Gasteiger partial charge on any atom is -0.481 e. The molecule has 5 nitrogen and oxygen atoms in total. The fraction of sp³-hybridized carbons (Fsp3) is 0.130. The lowest BCUT2D eigenvalue weighted by atomic mass is 9.98. The monoisotopic (exact) mass is 392 g/mol. The van der Waals surface area contributed by atoms with Crippen LogP contribution in [0.2, 0.25) is 0 Å². The molecule has 29 heavy (non-hydrogen) atoms. The number of carboxylic acid groups (broad SMARTS) is 1. The van der Waals surface area contributed by atoms with E-state index in [0.717, 1.165) is 0 Å². The highest BCUT2D eigenvalue weighted by atomic mass is 19.1. The lowest BCUT2D eigenvalue weighted by molar-refractivity contribution is -0.138. The number of anilines is 1. The van der Waals surface area contributed by atoms with Crippen LogP contribution < -0.4 is 11.1 Å². The van der Waals surface area contributed by atoms with Crippen LogP contribution in [0.25, 0.3) is 11.1 Å². The molecule has 1 amide bonds. The van der Waals surface area contributed by atoms with E-state index < -0.39 is 17.7 Å². The van der Waals surface area contributed by atoms with Crippen molar-refractivity contribution in [2.24, 2.45) is 5.73 Å². The first-order valence-electron chi connectivity index (χ1n) is 9.12. The first-order chi connectivity index (χ1) is 13.9. The molecule has 3 aromatic carbocycles. The molecule has 0 aliphatic carbocycles. The number of carbonyl (C=O) groups excluding carboxylic acids is 1. The van der Waals surface area contributed by atoms with Crippen LogP contribution in [-0.4, -0.2) is 17.0 Å². The summed E-state index contributed by atoms with van der Waals surface area (Å²) in [5, 5.41) is 12.1. The molecule has 0 aliphatic heterocycles. The van der Waals surface area contributed by atoms with E-state index in [9.17, 15) is 19.1 Å². The van der Waals surface area contributed by atoms with Crippen LogP contribution in [0.5, 0.6) is 0 Å². The number of carboxylic acids is 1. The number of hydrogen-bond donors (Lipinski definition) is 3. The van der Waals surface area contributed by atoms with Gasteiger partial charge in [0.1, 0.15) is 5.82 Å². The molecule has 0 radical (unpaired) electrons. The Morgan fingerprint density at radius 2 is 1.79 bits per heavy atom. The maximum Gasteiger partial charge on any atom is 0.310 e. The van der Waals surface area contributed by atoms with Gasteiger partial charge in [0, 0.05) is 17.8 Å². The summed E-state index contributed by atoms with van der Waals surface area (Å²) in [4.78, 5) is 24.1. The van der Waals surface area contributed by atoms with E-state index in [4.69, 9.17) is 5.73 Å². The Morgan fingerprint density at radius 3 is 2.52 bits per heavy atom. The smallest absolute Gasteiger partial charge is 0.310 e. The summed E-state index contributed by atoms with van der Waals surface area (Å²) >= 11 is 0. The summed E-state index contributed by atoms with van der Waals surface area (Å²) < 4.78 is 13.8. The quantitative estimate of drug-likeness (QED) is 0.580. The SMILES string of the molecule is CC(C(=O)O)c1ccccc1NC(=O)c1cccc(-c2cc(F)cc(CN)c2)c1. The van der Waals surface area contributed by atoms with Crippen molar-refractivity contribution in [2.75, 3.05) is 5.32 Å². The van der Waals surface area contributed by atoms with Crippen LogP contribution in [0.15, 0.2) is 66.7 Å². The van der Waals surface area contributed by atoms with Crippen molar-refractivity contribution in [1.29, 1.82) is 0 Å². The predicted molar refractivity (Wildman–Crippen MR) is 110 cm³/mol. The summed E-state index contributed by atoms with van der Waals surface area (Å²) in [7, 11) is 0. The number of hydrogen-bond acceptors (Lipinski definition) is 3. The average Bonchev–Trinajstić information content (AvgIpc) is 2.73. The highest BCUT2D eigenvalue weighted by Gasteiger charge is 2.18. The molecule has 4 N–H and O–H groups in total. The van der Waals surface area contributed by atoms with E-state index in [1.165, 1.54) is 12.1 Å². The Balaban J connectivity index is 1.90. The highest BCUT2D eigenvalue weighted by Crippen LogP contribution is 2.26. The predicted octanol–water partition coefficient (Wildman–Crippen LogP) is 4.39. The summed E-state index contributed by atoms with van der Waals surface area (Å²) in [6, 6.07) is 18.1. The molecule has 3 rings (SSSR count). The second kappa shape index (κ2) is 8.67. The van der Waals surface area contributed by atoms with Gasteiger partial charge in [-0.25, -0.2) is 4.39 Å². The number of nitrogens with two attached hydrogens (primary N) is 1. The Hall–Kier alpha value is -3.51. The van der Waals surface area contributed by atoms with E-state index in [-0.39, 0.29) is 12.5 Å². The van der Waals surface area contributed by atoms with Gasteiger partial charge in [0.05, 0.1) is 5.92 Å². The molecule has 6 heteroatoms. The zero-order valence-electron chi connectivity index (χ0n) is 15.9. The summed E-state index contributed by atoms with van der Waals surface area (Å²) in [6.45, 7) is 1.77. The van der Waals surface area contributed by atoms with E-state index >= 15 is 0 Å². The van der Waals surface area contributed by atoms with Gasteiger partial charge in [-0.05, 0) is 65.6 Å². The Morgan fingerprint density at radius 1 is 1.03 bits per heavy atom. The molecule has 0 aliphatic rings.